The summed E-state index contributed by atoms with van der Waals surface area (Å²) in [5.41, 5.74) is 2.33. The van der Waals surface area contributed by atoms with Gasteiger partial charge in [-0.05, 0) is 61.0 Å². The first kappa shape index (κ1) is 30.3. The van der Waals surface area contributed by atoms with E-state index in [1.165, 1.54) is 23.4 Å². The van der Waals surface area contributed by atoms with Crippen LogP contribution in [0, 0.1) is 17.6 Å². The average molecular weight is 618 g/mol. The number of carbonyl (C=O) groups is 1. The number of nitrogens with zero attached hydrogens (tertiary/aromatic N) is 6. The van der Waals surface area contributed by atoms with E-state index in [9.17, 15) is 13.6 Å². The third kappa shape index (κ3) is 7.01. The highest BCUT2D eigenvalue weighted by Crippen LogP contribution is 2.42. The predicted molar refractivity (Wildman–Crippen MR) is 168 cm³/mol. The first-order valence-electron chi connectivity index (χ1n) is 15.0. The normalized spacial score (nSPS) is 19.9. The number of benzene rings is 3. The highest BCUT2D eigenvalue weighted by molar-refractivity contribution is 5.89. The van der Waals surface area contributed by atoms with Gasteiger partial charge in [0, 0.05) is 74.9 Å². The molecule has 6 rings (SSSR count). The molecule has 3 heterocycles. The molecule has 0 spiro atoms. The zero-order valence-corrected chi connectivity index (χ0v) is 25.4. The highest BCUT2D eigenvalue weighted by Gasteiger charge is 2.44. The van der Waals surface area contributed by atoms with E-state index in [1.807, 2.05) is 36.4 Å². The lowest BCUT2D eigenvalue weighted by Gasteiger charge is -2.37. The van der Waals surface area contributed by atoms with Gasteiger partial charge in [0.2, 0.25) is 0 Å². The third-order valence-corrected chi connectivity index (χ3v) is 8.38. The number of anilines is 3. The van der Waals surface area contributed by atoms with Crippen molar-refractivity contribution in [2.24, 2.45) is 5.92 Å². The summed E-state index contributed by atoms with van der Waals surface area (Å²) < 4.78 is 42.6. The fourth-order valence-electron chi connectivity index (χ4n) is 5.97. The largest absolute Gasteiger partial charge is 0.493 e. The first-order valence-corrected chi connectivity index (χ1v) is 15.0. The van der Waals surface area contributed by atoms with Crippen molar-refractivity contribution in [2.45, 2.75) is 18.6 Å². The molecule has 0 bridgehead atoms. The molecule has 0 unspecified atom stereocenters. The van der Waals surface area contributed by atoms with Crippen LogP contribution in [0.5, 0.6) is 5.75 Å². The summed E-state index contributed by atoms with van der Waals surface area (Å²) >= 11 is 0. The maximum atomic E-state index is 14.9. The number of nitrogens with one attached hydrogen (secondary N) is 1. The second-order valence-corrected chi connectivity index (χ2v) is 11.7. The Bertz CT molecular complexity index is 1580. The van der Waals surface area contributed by atoms with E-state index in [1.54, 1.807) is 25.1 Å². The molecule has 4 aromatic rings. The number of rotatable bonds is 9. The monoisotopic (exact) mass is 617 g/mol. The standard InChI is InChI=1S/C33H37F2N7O3/c1-39(2)32(43)38-26-4-6-27(7-5-26)40-13-15-41(16-14-40)28-8-10-29(11-9-28)44-19-24-18-33(45-20-24,21-42-23-36-22-37-42)30-12-3-25(34)17-31(30)35/h3-12,17,22-24H,13-16,18-21H2,1-2H3,(H,38,43)/t24-,33+/m1/s1. The number of urea groups is 1. The molecule has 2 aliphatic heterocycles. The van der Waals surface area contributed by atoms with Crippen molar-refractivity contribution < 1.29 is 23.0 Å². The van der Waals surface area contributed by atoms with Gasteiger partial charge in [-0.1, -0.05) is 6.07 Å². The van der Waals surface area contributed by atoms with E-state index in [4.69, 9.17) is 9.47 Å². The third-order valence-electron chi connectivity index (χ3n) is 8.38. The van der Waals surface area contributed by atoms with Crippen molar-refractivity contribution in [3.8, 4) is 5.75 Å². The predicted octanol–water partition coefficient (Wildman–Crippen LogP) is 4.99. The van der Waals surface area contributed by atoms with Crippen molar-refractivity contribution >= 4 is 23.1 Å². The molecule has 0 saturated carbocycles. The molecule has 0 radical (unpaired) electrons. The Balaban J connectivity index is 1.01. The SMILES string of the molecule is CN(C)C(=O)Nc1ccc(N2CCN(c3ccc(OC[C@@H]4CO[C@@](Cn5cncn5)(c5ccc(F)cc5F)C4)cc3)CC2)cc1. The molecule has 2 amide bonds. The molecule has 236 valence electrons. The Morgan fingerprint density at radius 1 is 1.00 bits per heavy atom. The van der Waals surface area contributed by atoms with Crippen LogP contribution in [0.3, 0.4) is 0 Å². The van der Waals surface area contributed by atoms with Crippen molar-refractivity contribution in [3.63, 3.8) is 0 Å². The van der Waals surface area contributed by atoms with Crippen molar-refractivity contribution in [3.05, 3.63) is 96.6 Å². The van der Waals surface area contributed by atoms with E-state index < -0.39 is 17.2 Å². The molecule has 10 nitrogen and oxygen atoms in total. The molecular weight excluding hydrogens is 580 g/mol. The van der Waals surface area contributed by atoms with Gasteiger partial charge in [0.1, 0.15) is 35.6 Å². The summed E-state index contributed by atoms with van der Waals surface area (Å²) in [6.45, 7) is 4.56. The zero-order chi connectivity index (χ0) is 31.4. The molecule has 12 heteroatoms. The number of halogens is 2. The van der Waals surface area contributed by atoms with Crippen LogP contribution in [-0.2, 0) is 16.9 Å². The van der Waals surface area contributed by atoms with E-state index >= 15 is 0 Å². The number of hydrogen-bond acceptors (Lipinski definition) is 7. The summed E-state index contributed by atoms with van der Waals surface area (Å²) in [6, 6.07) is 19.5. The van der Waals surface area contributed by atoms with E-state index in [0.29, 0.717) is 25.2 Å². The molecule has 0 aliphatic carbocycles. The Morgan fingerprint density at radius 2 is 1.67 bits per heavy atom. The summed E-state index contributed by atoms with van der Waals surface area (Å²) in [7, 11) is 3.43. The quantitative estimate of drug-likeness (QED) is 0.283. The molecule has 2 atom stereocenters. The summed E-state index contributed by atoms with van der Waals surface area (Å²) in [6.07, 6.45) is 3.47. The highest BCUT2D eigenvalue weighted by atomic mass is 19.1. The lowest BCUT2D eigenvalue weighted by Crippen LogP contribution is -2.46. The molecule has 1 aromatic heterocycles. The Hall–Kier alpha value is -4.71. The lowest BCUT2D eigenvalue weighted by atomic mass is 9.87. The number of carbonyl (C=O) groups excluding carboxylic acids is 1. The van der Waals surface area contributed by atoms with Crippen LogP contribution in [0.25, 0.3) is 0 Å². The summed E-state index contributed by atoms with van der Waals surface area (Å²) in [4.78, 5) is 22.1. The van der Waals surface area contributed by atoms with Crippen LogP contribution >= 0.6 is 0 Å². The van der Waals surface area contributed by atoms with Gasteiger partial charge >= 0.3 is 6.03 Å². The van der Waals surface area contributed by atoms with E-state index in [-0.39, 0.29) is 18.5 Å². The van der Waals surface area contributed by atoms with Gasteiger partial charge < -0.3 is 29.5 Å². The van der Waals surface area contributed by atoms with E-state index in [2.05, 4.69) is 37.3 Å². The van der Waals surface area contributed by atoms with Crippen LogP contribution in [0.4, 0.5) is 30.6 Å². The second-order valence-electron chi connectivity index (χ2n) is 11.7. The van der Waals surface area contributed by atoms with Gasteiger partial charge in [-0.2, -0.15) is 5.10 Å². The Labute approximate surface area is 261 Å². The molecule has 45 heavy (non-hydrogen) atoms. The van der Waals surface area contributed by atoms with Crippen LogP contribution in [0.2, 0.25) is 0 Å². The number of hydrogen-bond donors (Lipinski definition) is 1. The first-order chi connectivity index (χ1) is 21.8. The fourth-order valence-corrected chi connectivity index (χ4v) is 5.97. The molecule has 2 saturated heterocycles. The van der Waals surface area contributed by atoms with Gasteiger partial charge in [0.25, 0.3) is 0 Å². The smallest absolute Gasteiger partial charge is 0.321 e. The number of aromatic nitrogens is 3. The van der Waals surface area contributed by atoms with E-state index in [0.717, 1.165) is 55.1 Å². The lowest BCUT2D eigenvalue weighted by molar-refractivity contribution is -0.0206. The van der Waals surface area contributed by atoms with Gasteiger partial charge in [-0.15, -0.1) is 0 Å². The maximum absolute atomic E-state index is 14.9. The maximum Gasteiger partial charge on any atom is 0.321 e. The second kappa shape index (κ2) is 13.1. The topological polar surface area (TPSA) is 88.0 Å². The molecular formula is C33H37F2N7O3. The summed E-state index contributed by atoms with van der Waals surface area (Å²) in [5, 5.41) is 7.04. The number of piperazine rings is 1. The van der Waals surface area contributed by atoms with Gasteiger partial charge in [0.05, 0.1) is 19.8 Å². The molecule has 2 fully saturated rings. The molecule has 2 aliphatic rings. The van der Waals surface area contributed by atoms with Crippen LogP contribution in [0.15, 0.2) is 79.4 Å². The van der Waals surface area contributed by atoms with Crippen molar-refractivity contribution in [1.82, 2.24) is 19.7 Å². The van der Waals surface area contributed by atoms with Gasteiger partial charge in [0.15, 0.2) is 0 Å². The van der Waals surface area contributed by atoms with Crippen LogP contribution < -0.4 is 19.9 Å². The minimum atomic E-state index is -1.00. The average Bonchev–Trinajstić information content (AvgIpc) is 3.71. The van der Waals surface area contributed by atoms with Crippen LogP contribution in [0.1, 0.15) is 12.0 Å². The zero-order valence-electron chi connectivity index (χ0n) is 25.4. The number of ether oxygens (including phenoxy) is 2. The van der Waals surface area contributed by atoms with Crippen molar-refractivity contribution in [2.75, 3.05) is 68.6 Å². The molecule has 1 N–H and O–H groups in total. The van der Waals surface area contributed by atoms with Crippen LogP contribution in [-0.4, -0.2) is 79.2 Å². The minimum Gasteiger partial charge on any atom is -0.493 e. The number of amides is 2. The van der Waals surface area contributed by atoms with Gasteiger partial charge in [-0.3, -0.25) is 0 Å². The summed E-state index contributed by atoms with van der Waals surface area (Å²) in [5.74, 6) is -0.519. The molecule has 3 aromatic carbocycles. The van der Waals surface area contributed by atoms with Crippen molar-refractivity contribution in [1.29, 1.82) is 0 Å². The minimum absolute atomic E-state index is 0.00375. The fraction of sp³-hybridized carbons (Fsp3) is 0.364. The Morgan fingerprint density at radius 3 is 2.27 bits per heavy atom. The Kier molecular flexibility index (Phi) is 8.83. The van der Waals surface area contributed by atoms with Gasteiger partial charge in [-0.25, -0.2) is 23.2 Å².